The Morgan fingerprint density at radius 2 is 2.10 bits per heavy atom. The highest BCUT2D eigenvalue weighted by molar-refractivity contribution is 5.89. The first-order chi connectivity index (χ1) is 9.61. The lowest BCUT2D eigenvalue weighted by Gasteiger charge is -2.34. The zero-order valence-electron chi connectivity index (χ0n) is 11.7. The third-order valence-electron chi connectivity index (χ3n) is 3.74. The molecular weight excluding hydrogens is 256 g/mol. The van der Waals surface area contributed by atoms with Crippen molar-refractivity contribution in [3.8, 4) is 0 Å². The van der Waals surface area contributed by atoms with Crippen molar-refractivity contribution in [2.24, 2.45) is 0 Å². The molecule has 20 heavy (non-hydrogen) atoms. The van der Waals surface area contributed by atoms with E-state index in [1.165, 1.54) is 0 Å². The average Bonchev–Trinajstić information content (AvgIpc) is 2.47. The van der Waals surface area contributed by atoms with Crippen molar-refractivity contribution in [2.75, 3.05) is 18.5 Å². The van der Waals surface area contributed by atoms with E-state index in [4.69, 9.17) is 0 Å². The fourth-order valence-electron chi connectivity index (χ4n) is 2.50. The van der Waals surface area contributed by atoms with Gasteiger partial charge >= 0.3 is 6.03 Å². The van der Waals surface area contributed by atoms with Crippen molar-refractivity contribution in [2.45, 2.75) is 38.3 Å². The molecule has 2 atom stereocenters. The minimum absolute atomic E-state index is 0.00832. The highest BCUT2D eigenvalue weighted by Crippen LogP contribution is 2.19. The Kier molecular flexibility index (Phi) is 4.98. The monoisotopic (exact) mass is 278 g/mol. The molecule has 1 aromatic carbocycles. The van der Waals surface area contributed by atoms with Gasteiger partial charge in [0.15, 0.2) is 0 Å². The molecule has 3 N–H and O–H groups in total. The molecule has 2 unspecified atom stereocenters. The summed E-state index contributed by atoms with van der Waals surface area (Å²) in [4.78, 5) is 13.9. The van der Waals surface area contributed by atoms with Crippen LogP contribution in [0.3, 0.4) is 0 Å². The van der Waals surface area contributed by atoms with Crippen molar-refractivity contribution >= 4 is 11.7 Å². The zero-order chi connectivity index (χ0) is 14.5. The Morgan fingerprint density at radius 3 is 2.70 bits per heavy atom. The van der Waals surface area contributed by atoms with Crippen LogP contribution in [-0.2, 0) is 0 Å². The van der Waals surface area contributed by atoms with Gasteiger partial charge in [-0.3, -0.25) is 0 Å². The number of nitrogens with zero attached hydrogens (tertiary/aromatic N) is 1. The summed E-state index contributed by atoms with van der Waals surface area (Å²) in [6.45, 7) is 2.39. The van der Waals surface area contributed by atoms with E-state index >= 15 is 0 Å². The molecule has 110 valence electrons. The first-order valence-electron chi connectivity index (χ1n) is 7.08. The summed E-state index contributed by atoms with van der Waals surface area (Å²) in [5.74, 6) is 0. The molecule has 2 rings (SSSR count). The van der Waals surface area contributed by atoms with Crippen molar-refractivity contribution in [1.29, 1.82) is 0 Å². The number of hydrogen-bond acceptors (Lipinski definition) is 3. The number of hydrogen-bond donors (Lipinski definition) is 3. The van der Waals surface area contributed by atoms with Crippen LogP contribution in [0.2, 0.25) is 0 Å². The van der Waals surface area contributed by atoms with Crippen LogP contribution < -0.4 is 5.32 Å². The number of urea groups is 1. The molecule has 0 saturated carbocycles. The number of carbonyl (C=O) groups is 1. The van der Waals surface area contributed by atoms with Gasteiger partial charge in [-0.1, -0.05) is 12.1 Å². The van der Waals surface area contributed by atoms with E-state index in [0.29, 0.717) is 12.2 Å². The van der Waals surface area contributed by atoms with Crippen LogP contribution in [0.4, 0.5) is 10.5 Å². The lowest BCUT2D eigenvalue weighted by molar-refractivity contribution is 0.115. The molecule has 1 heterocycles. The van der Waals surface area contributed by atoms with E-state index in [0.717, 1.165) is 24.8 Å². The van der Waals surface area contributed by atoms with Crippen LogP contribution in [-0.4, -0.2) is 40.3 Å². The average molecular weight is 278 g/mol. The molecule has 1 fully saturated rings. The number of piperidine rings is 1. The number of nitrogens with one attached hydrogen (secondary N) is 1. The van der Waals surface area contributed by atoms with Crippen LogP contribution in [0, 0.1) is 0 Å². The van der Waals surface area contributed by atoms with Gasteiger partial charge in [-0.05, 0) is 43.9 Å². The van der Waals surface area contributed by atoms with E-state index < -0.39 is 6.10 Å². The van der Waals surface area contributed by atoms with Gasteiger partial charge in [-0.25, -0.2) is 4.79 Å². The van der Waals surface area contributed by atoms with Crippen molar-refractivity contribution in [3.05, 3.63) is 29.8 Å². The third-order valence-corrected chi connectivity index (χ3v) is 3.74. The molecule has 0 radical (unpaired) electrons. The van der Waals surface area contributed by atoms with E-state index in [9.17, 15) is 15.0 Å². The maximum atomic E-state index is 12.2. The van der Waals surface area contributed by atoms with E-state index in [2.05, 4.69) is 5.32 Å². The van der Waals surface area contributed by atoms with Gasteiger partial charge in [0.1, 0.15) is 0 Å². The highest BCUT2D eigenvalue weighted by atomic mass is 16.3. The number of aliphatic hydroxyl groups is 2. The highest BCUT2D eigenvalue weighted by Gasteiger charge is 2.25. The number of likely N-dealkylation sites (tertiary alicyclic amines) is 1. The topological polar surface area (TPSA) is 72.8 Å². The molecule has 1 aliphatic heterocycles. The fraction of sp³-hybridized carbons (Fsp3) is 0.533. The van der Waals surface area contributed by atoms with Crippen LogP contribution >= 0.6 is 0 Å². The van der Waals surface area contributed by atoms with Gasteiger partial charge in [0.05, 0.1) is 18.8 Å². The quantitative estimate of drug-likeness (QED) is 0.793. The van der Waals surface area contributed by atoms with Crippen molar-refractivity contribution < 1.29 is 15.0 Å². The van der Waals surface area contributed by atoms with Crippen LogP contribution in [0.25, 0.3) is 0 Å². The smallest absolute Gasteiger partial charge is 0.322 e. The molecule has 2 amide bonds. The Morgan fingerprint density at radius 1 is 1.40 bits per heavy atom. The molecule has 0 bridgehead atoms. The number of carbonyl (C=O) groups excluding carboxylic acids is 1. The largest absolute Gasteiger partial charge is 0.394 e. The minimum Gasteiger partial charge on any atom is -0.394 e. The molecular formula is C15H22N2O3. The number of rotatable bonds is 3. The molecule has 1 aliphatic rings. The van der Waals surface area contributed by atoms with Crippen LogP contribution in [0.1, 0.15) is 37.9 Å². The molecule has 5 heteroatoms. The molecule has 0 spiro atoms. The first-order valence-corrected chi connectivity index (χ1v) is 7.08. The van der Waals surface area contributed by atoms with Gasteiger partial charge in [0.25, 0.3) is 0 Å². The Labute approximate surface area is 119 Å². The summed E-state index contributed by atoms with van der Waals surface area (Å²) >= 11 is 0. The third kappa shape index (κ3) is 3.49. The summed E-state index contributed by atoms with van der Waals surface area (Å²) in [5.41, 5.74) is 1.51. The van der Waals surface area contributed by atoms with Crippen LogP contribution in [0.15, 0.2) is 24.3 Å². The predicted octanol–water partition coefficient (Wildman–Crippen LogP) is 2.12. The molecule has 1 aromatic rings. The fourth-order valence-corrected chi connectivity index (χ4v) is 2.50. The summed E-state index contributed by atoms with van der Waals surface area (Å²) in [5, 5.41) is 21.6. The number of amides is 2. The lowest BCUT2D eigenvalue weighted by Crippen LogP contribution is -2.47. The normalized spacial score (nSPS) is 20.6. The van der Waals surface area contributed by atoms with E-state index in [1.54, 1.807) is 36.1 Å². The Bertz CT molecular complexity index is 445. The Balaban J connectivity index is 1.99. The maximum Gasteiger partial charge on any atom is 0.322 e. The lowest BCUT2D eigenvalue weighted by atomic mass is 10.0. The van der Waals surface area contributed by atoms with E-state index in [1.807, 2.05) is 0 Å². The van der Waals surface area contributed by atoms with E-state index in [-0.39, 0.29) is 18.7 Å². The number of anilines is 1. The maximum absolute atomic E-state index is 12.2. The van der Waals surface area contributed by atoms with Crippen molar-refractivity contribution in [3.63, 3.8) is 0 Å². The summed E-state index contributed by atoms with van der Waals surface area (Å²) in [7, 11) is 0. The molecule has 5 nitrogen and oxygen atoms in total. The second kappa shape index (κ2) is 6.72. The second-order valence-electron chi connectivity index (χ2n) is 5.25. The van der Waals surface area contributed by atoms with Gasteiger partial charge in [-0.15, -0.1) is 0 Å². The molecule has 1 saturated heterocycles. The SMILES string of the molecule is CC(O)c1ccc(NC(=O)N2CCCCC2CO)cc1. The minimum atomic E-state index is -0.513. The summed E-state index contributed by atoms with van der Waals surface area (Å²) in [6, 6.07) is 6.88. The van der Waals surface area contributed by atoms with Gasteiger partial charge in [0.2, 0.25) is 0 Å². The summed E-state index contributed by atoms with van der Waals surface area (Å²) in [6.07, 6.45) is 2.37. The Hall–Kier alpha value is -1.59. The zero-order valence-corrected chi connectivity index (χ0v) is 11.7. The number of benzene rings is 1. The van der Waals surface area contributed by atoms with Crippen molar-refractivity contribution in [1.82, 2.24) is 4.90 Å². The van der Waals surface area contributed by atoms with Gasteiger partial charge in [0, 0.05) is 12.2 Å². The first kappa shape index (κ1) is 14.8. The standard InChI is InChI=1S/C15H22N2O3/c1-11(19)12-5-7-13(8-6-12)16-15(20)17-9-3-2-4-14(17)10-18/h5-8,11,14,18-19H,2-4,9-10H2,1H3,(H,16,20). The second-order valence-corrected chi connectivity index (χ2v) is 5.25. The number of aliphatic hydroxyl groups excluding tert-OH is 2. The molecule has 0 aliphatic carbocycles. The predicted molar refractivity (Wildman–Crippen MR) is 77.5 cm³/mol. The van der Waals surface area contributed by atoms with Gasteiger partial charge < -0.3 is 20.4 Å². The molecule has 0 aromatic heterocycles. The van der Waals surface area contributed by atoms with Gasteiger partial charge in [-0.2, -0.15) is 0 Å². The summed E-state index contributed by atoms with van der Waals surface area (Å²) < 4.78 is 0. The van der Waals surface area contributed by atoms with Crippen LogP contribution in [0.5, 0.6) is 0 Å².